The number of halogens is 1. The van der Waals surface area contributed by atoms with E-state index in [4.69, 9.17) is 0 Å². The van der Waals surface area contributed by atoms with Gasteiger partial charge in [0, 0.05) is 22.0 Å². The van der Waals surface area contributed by atoms with Crippen molar-refractivity contribution in [3.63, 3.8) is 0 Å². The van der Waals surface area contributed by atoms with E-state index in [0.717, 1.165) is 4.47 Å². The first-order valence-corrected chi connectivity index (χ1v) is 7.29. The second-order valence-electron chi connectivity index (χ2n) is 4.20. The zero-order chi connectivity index (χ0) is 13.1. The number of thiophene rings is 1. The molecule has 1 aromatic carbocycles. The van der Waals surface area contributed by atoms with Crippen LogP contribution in [0.15, 0.2) is 40.2 Å². The Balaban J connectivity index is 2.12. The molecule has 0 aliphatic rings. The van der Waals surface area contributed by atoms with Crippen LogP contribution >= 0.6 is 27.3 Å². The van der Waals surface area contributed by atoms with E-state index in [2.05, 4.69) is 34.3 Å². The minimum Gasteiger partial charge on any atom is -0.337 e. The van der Waals surface area contributed by atoms with E-state index in [1.165, 1.54) is 10.4 Å². The Morgan fingerprint density at radius 2 is 2.17 bits per heavy atom. The van der Waals surface area contributed by atoms with Gasteiger partial charge in [-0.05, 0) is 42.1 Å². The highest BCUT2D eigenvalue weighted by molar-refractivity contribution is 9.10. The van der Waals surface area contributed by atoms with Crippen molar-refractivity contribution in [2.75, 3.05) is 7.05 Å². The highest BCUT2D eigenvalue weighted by Crippen LogP contribution is 2.19. The largest absolute Gasteiger partial charge is 0.337 e. The zero-order valence-corrected chi connectivity index (χ0v) is 12.7. The molecule has 0 spiro atoms. The Hall–Kier alpha value is -1.13. The molecule has 1 aromatic heterocycles. The van der Waals surface area contributed by atoms with Crippen LogP contribution in [0.4, 0.5) is 0 Å². The lowest BCUT2D eigenvalue weighted by molar-refractivity contribution is 0.0786. The molecule has 1 heterocycles. The molecule has 94 valence electrons. The predicted octanol–water partition coefficient (Wildman–Crippen LogP) is 4.09. The van der Waals surface area contributed by atoms with E-state index in [0.29, 0.717) is 12.1 Å². The molecule has 0 radical (unpaired) electrons. The van der Waals surface area contributed by atoms with Crippen molar-refractivity contribution in [3.8, 4) is 0 Å². The number of benzene rings is 1. The molecule has 1 amide bonds. The van der Waals surface area contributed by atoms with Crippen LogP contribution in [-0.2, 0) is 6.54 Å². The van der Waals surface area contributed by atoms with E-state index in [9.17, 15) is 4.79 Å². The van der Waals surface area contributed by atoms with Crippen LogP contribution in [-0.4, -0.2) is 17.9 Å². The number of rotatable bonds is 3. The van der Waals surface area contributed by atoms with Crippen LogP contribution in [0.1, 0.15) is 20.8 Å². The van der Waals surface area contributed by atoms with Crippen molar-refractivity contribution in [1.29, 1.82) is 0 Å². The summed E-state index contributed by atoms with van der Waals surface area (Å²) < 4.78 is 0.925. The monoisotopic (exact) mass is 323 g/mol. The molecular formula is C14H14BrNOS. The number of carbonyl (C=O) groups is 1. The Labute approximate surface area is 119 Å². The summed E-state index contributed by atoms with van der Waals surface area (Å²) in [6.07, 6.45) is 0. The van der Waals surface area contributed by atoms with Crippen LogP contribution in [0.3, 0.4) is 0 Å². The molecule has 0 aliphatic carbocycles. The number of carbonyl (C=O) groups excluding carboxylic acids is 1. The van der Waals surface area contributed by atoms with Crippen LogP contribution in [0.2, 0.25) is 0 Å². The topological polar surface area (TPSA) is 20.3 Å². The highest BCUT2D eigenvalue weighted by Gasteiger charge is 2.13. The summed E-state index contributed by atoms with van der Waals surface area (Å²) in [5.41, 5.74) is 1.95. The first-order valence-electron chi connectivity index (χ1n) is 5.62. The Kier molecular flexibility index (Phi) is 4.19. The van der Waals surface area contributed by atoms with Crippen molar-refractivity contribution in [3.05, 3.63) is 56.2 Å². The normalized spacial score (nSPS) is 10.4. The maximum absolute atomic E-state index is 12.2. The lowest BCUT2D eigenvalue weighted by atomic mass is 10.2. The Bertz CT molecular complexity index is 564. The third kappa shape index (κ3) is 3.00. The average Bonchev–Trinajstić information content (AvgIpc) is 2.74. The number of hydrogen-bond donors (Lipinski definition) is 0. The number of amides is 1. The van der Waals surface area contributed by atoms with Crippen molar-refractivity contribution in [2.24, 2.45) is 0 Å². The molecule has 0 saturated carbocycles. The minimum absolute atomic E-state index is 0.0455. The number of nitrogens with zero attached hydrogens (tertiary/aromatic N) is 1. The van der Waals surface area contributed by atoms with Crippen LogP contribution in [0, 0.1) is 6.92 Å². The third-order valence-corrected chi connectivity index (χ3v) is 4.27. The summed E-state index contributed by atoms with van der Waals surface area (Å²) in [6, 6.07) is 9.56. The van der Waals surface area contributed by atoms with E-state index in [1.807, 2.05) is 31.3 Å². The Morgan fingerprint density at radius 3 is 2.78 bits per heavy atom. The van der Waals surface area contributed by atoms with E-state index in [1.54, 1.807) is 16.2 Å². The van der Waals surface area contributed by atoms with Gasteiger partial charge in [-0.15, -0.1) is 11.3 Å². The number of aryl methyl sites for hydroxylation is 1. The van der Waals surface area contributed by atoms with Crippen LogP contribution in [0.25, 0.3) is 0 Å². The molecule has 2 aromatic rings. The maximum Gasteiger partial charge on any atom is 0.253 e. The van der Waals surface area contributed by atoms with Gasteiger partial charge in [0.2, 0.25) is 0 Å². The summed E-state index contributed by atoms with van der Waals surface area (Å²) in [5.74, 6) is 0.0455. The molecule has 2 rings (SSSR count). The zero-order valence-electron chi connectivity index (χ0n) is 10.3. The van der Waals surface area contributed by atoms with Gasteiger partial charge in [0.15, 0.2) is 0 Å². The molecule has 0 fully saturated rings. The van der Waals surface area contributed by atoms with Gasteiger partial charge in [0.25, 0.3) is 5.91 Å². The molecule has 2 nitrogen and oxygen atoms in total. The number of hydrogen-bond acceptors (Lipinski definition) is 2. The van der Waals surface area contributed by atoms with Crippen molar-refractivity contribution in [1.82, 2.24) is 4.90 Å². The molecule has 0 aliphatic heterocycles. The van der Waals surface area contributed by atoms with Crippen molar-refractivity contribution < 1.29 is 4.79 Å². The highest BCUT2D eigenvalue weighted by atomic mass is 79.9. The fourth-order valence-corrected chi connectivity index (χ4v) is 3.05. The van der Waals surface area contributed by atoms with Gasteiger partial charge in [-0.3, -0.25) is 4.79 Å². The third-order valence-electron chi connectivity index (χ3n) is 2.77. The molecule has 4 heteroatoms. The van der Waals surface area contributed by atoms with Gasteiger partial charge >= 0.3 is 0 Å². The van der Waals surface area contributed by atoms with Gasteiger partial charge in [0.05, 0.1) is 6.54 Å². The lowest BCUT2D eigenvalue weighted by Gasteiger charge is -2.17. The fraction of sp³-hybridized carbons (Fsp3) is 0.214. The Morgan fingerprint density at radius 1 is 1.39 bits per heavy atom. The van der Waals surface area contributed by atoms with Crippen molar-refractivity contribution >= 4 is 33.2 Å². The van der Waals surface area contributed by atoms with E-state index in [-0.39, 0.29) is 5.91 Å². The summed E-state index contributed by atoms with van der Waals surface area (Å²) in [5, 5.41) is 2.06. The van der Waals surface area contributed by atoms with E-state index < -0.39 is 0 Å². The molecule has 0 bridgehead atoms. The van der Waals surface area contributed by atoms with Gasteiger partial charge < -0.3 is 4.90 Å². The second-order valence-corrected chi connectivity index (χ2v) is 6.11. The van der Waals surface area contributed by atoms with Crippen molar-refractivity contribution in [2.45, 2.75) is 13.5 Å². The molecule has 0 unspecified atom stereocenters. The SMILES string of the molecule is Cc1ccsc1CN(C)C(=O)c1cccc(Br)c1. The smallest absolute Gasteiger partial charge is 0.253 e. The molecule has 0 atom stereocenters. The molecular weight excluding hydrogens is 310 g/mol. The summed E-state index contributed by atoms with van der Waals surface area (Å²) in [6.45, 7) is 2.73. The van der Waals surface area contributed by atoms with Crippen LogP contribution < -0.4 is 0 Å². The fourth-order valence-electron chi connectivity index (χ4n) is 1.70. The quantitative estimate of drug-likeness (QED) is 0.833. The summed E-state index contributed by atoms with van der Waals surface area (Å²) in [4.78, 5) is 15.2. The van der Waals surface area contributed by atoms with Gasteiger partial charge in [0.1, 0.15) is 0 Å². The van der Waals surface area contributed by atoms with Gasteiger partial charge in [-0.2, -0.15) is 0 Å². The van der Waals surface area contributed by atoms with E-state index >= 15 is 0 Å². The summed E-state index contributed by atoms with van der Waals surface area (Å²) in [7, 11) is 1.84. The van der Waals surface area contributed by atoms with Crippen LogP contribution in [0.5, 0.6) is 0 Å². The van der Waals surface area contributed by atoms with Gasteiger partial charge in [-0.25, -0.2) is 0 Å². The first-order chi connectivity index (χ1) is 8.58. The first kappa shape index (κ1) is 13.3. The molecule has 0 saturated heterocycles. The summed E-state index contributed by atoms with van der Waals surface area (Å²) >= 11 is 5.07. The molecule has 18 heavy (non-hydrogen) atoms. The lowest BCUT2D eigenvalue weighted by Crippen LogP contribution is -2.26. The maximum atomic E-state index is 12.2. The average molecular weight is 324 g/mol. The molecule has 0 N–H and O–H groups in total. The second kappa shape index (κ2) is 5.67. The van der Waals surface area contributed by atoms with Gasteiger partial charge in [-0.1, -0.05) is 22.0 Å². The minimum atomic E-state index is 0.0455. The standard InChI is InChI=1S/C14H14BrNOS/c1-10-6-7-18-13(10)9-16(2)14(17)11-4-3-5-12(15)8-11/h3-8H,9H2,1-2H3. The predicted molar refractivity (Wildman–Crippen MR) is 79.0 cm³/mol.